The average Bonchev–Trinajstić information content (AvgIpc) is 2.34. The van der Waals surface area contributed by atoms with Crippen LogP contribution in [0.2, 0.25) is 0 Å². The average molecular weight is 330 g/mol. The Balaban J connectivity index is 2.23. The maximum absolute atomic E-state index is 11.5. The first kappa shape index (κ1) is 15.4. The smallest absolute Gasteiger partial charge is 0.319 e. The van der Waals surface area contributed by atoms with Crippen LogP contribution in [0.25, 0.3) is 0 Å². The Labute approximate surface area is 119 Å². The lowest BCUT2D eigenvalue weighted by atomic mass is 10.1. The summed E-state index contributed by atoms with van der Waals surface area (Å²) in [5, 5.41) is 14.0. The predicted octanol–water partition coefficient (Wildman–Crippen LogP) is 2.47. The number of aromatic nitrogens is 1. The molecule has 1 aromatic heterocycles. The molecule has 1 unspecified atom stereocenters. The Morgan fingerprint density at radius 2 is 2.21 bits per heavy atom. The predicted molar refractivity (Wildman–Crippen MR) is 75.0 cm³/mol. The number of carbonyl (C=O) groups is 2. The van der Waals surface area contributed by atoms with E-state index >= 15 is 0 Å². The van der Waals surface area contributed by atoms with Gasteiger partial charge in [0.1, 0.15) is 0 Å². The molecule has 6 nitrogen and oxygen atoms in total. The van der Waals surface area contributed by atoms with E-state index in [0.29, 0.717) is 25.1 Å². The van der Waals surface area contributed by atoms with E-state index in [1.165, 1.54) is 6.20 Å². The number of halogens is 1. The number of aliphatic carboxylic acids is 1. The molecule has 1 rings (SSSR count). The van der Waals surface area contributed by atoms with Gasteiger partial charge < -0.3 is 15.7 Å². The van der Waals surface area contributed by atoms with Crippen LogP contribution in [-0.2, 0) is 4.79 Å². The van der Waals surface area contributed by atoms with Gasteiger partial charge in [-0.1, -0.05) is 6.92 Å². The summed E-state index contributed by atoms with van der Waals surface area (Å²) in [6.45, 7) is 2.08. The van der Waals surface area contributed by atoms with Crippen molar-refractivity contribution < 1.29 is 14.7 Å². The van der Waals surface area contributed by atoms with Gasteiger partial charge in [-0.2, -0.15) is 0 Å². The van der Waals surface area contributed by atoms with E-state index in [9.17, 15) is 9.59 Å². The topological polar surface area (TPSA) is 91.3 Å². The van der Waals surface area contributed by atoms with Crippen LogP contribution in [0, 0.1) is 5.92 Å². The largest absolute Gasteiger partial charge is 0.481 e. The van der Waals surface area contributed by atoms with E-state index in [0.717, 1.165) is 4.47 Å². The summed E-state index contributed by atoms with van der Waals surface area (Å²) in [7, 11) is 0. The van der Waals surface area contributed by atoms with E-state index in [1.807, 2.05) is 0 Å². The second-order valence-electron chi connectivity index (χ2n) is 4.15. The number of urea groups is 1. The van der Waals surface area contributed by atoms with Crippen molar-refractivity contribution in [1.29, 1.82) is 0 Å². The molecule has 1 heterocycles. The van der Waals surface area contributed by atoms with Gasteiger partial charge in [0.25, 0.3) is 0 Å². The first-order chi connectivity index (χ1) is 8.99. The monoisotopic (exact) mass is 329 g/mol. The molecule has 3 N–H and O–H groups in total. The maximum atomic E-state index is 11.5. The van der Waals surface area contributed by atoms with Crippen molar-refractivity contribution in [2.45, 2.75) is 19.8 Å². The third-order valence-electron chi connectivity index (χ3n) is 2.48. The number of nitrogens with zero attached hydrogens (tertiary/aromatic N) is 1. The minimum atomic E-state index is -0.815. The van der Waals surface area contributed by atoms with Crippen molar-refractivity contribution in [3.05, 3.63) is 22.9 Å². The number of carboxylic acid groups (broad SMARTS) is 1. The molecule has 1 atom stereocenters. The van der Waals surface area contributed by atoms with Crippen molar-refractivity contribution in [3.63, 3.8) is 0 Å². The number of nitrogens with one attached hydrogen (secondary N) is 2. The highest BCUT2D eigenvalue weighted by Gasteiger charge is 2.10. The molecule has 104 valence electrons. The van der Waals surface area contributed by atoms with Crippen LogP contribution in [0.1, 0.15) is 19.8 Å². The molecule has 19 heavy (non-hydrogen) atoms. The summed E-state index contributed by atoms with van der Waals surface area (Å²) >= 11 is 3.26. The number of hydrogen-bond acceptors (Lipinski definition) is 3. The van der Waals surface area contributed by atoms with Crippen LogP contribution in [-0.4, -0.2) is 28.6 Å². The Morgan fingerprint density at radius 1 is 1.47 bits per heavy atom. The fourth-order valence-electron chi connectivity index (χ4n) is 1.39. The first-order valence-electron chi connectivity index (χ1n) is 5.87. The highest BCUT2D eigenvalue weighted by atomic mass is 79.9. The zero-order chi connectivity index (χ0) is 14.3. The zero-order valence-corrected chi connectivity index (χ0v) is 12.1. The minimum Gasteiger partial charge on any atom is -0.481 e. The molecular weight excluding hydrogens is 314 g/mol. The van der Waals surface area contributed by atoms with Crippen LogP contribution >= 0.6 is 15.9 Å². The molecule has 1 aromatic rings. The number of pyridine rings is 1. The Bertz CT molecular complexity index is 454. The fourth-order valence-corrected chi connectivity index (χ4v) is 1.75. The normalized spacial score (nSPS) is 11.7. The molecule has 0 aliphatic carbocycles. The number of carbonyl (C=O) groups excluding carboxylic acids is 1. The lowest BCUT2D eigenvalue weighted by Gasteiger charge is -2.08. The first-order valence-corrected chi connectivity index (χ1v) is 6.66. The summed E-state index contributed by atoms with van der Waals surface area (Å²) in [6.07, 6.45) is 4.32. The fraction of sp³-hybridized carbons (Fsp3) is 0.417. The van der Waals surface area contributed by atoms with E-state index < -0.39 is 5.97 Å². The molecule has 0 saturated heterocycles. The third-order valence-corrected chi connectivity index (χ3v) is 2.92. The molecular formula is C12H16BrN3O3. The number of hydrogen-bond donors (Lipinski definition) is 3. The molecule has 0 saturated carbocycles. The summed E-state index contributed by atoms with van der Waals surface area (Å²) in [5.41, 5.74) is 0.589. The van der Waals surface area contributed by atoms with Gasteiger partial charge in [-0.3, -0.25) is 9.78 Å². The number of amides is 2. The van der Waals surface area contributed by atoms with Crippen molar-refractivity contribution in [3.8, 4) is 0 Å². The van der Waals surface area contributed by atoms with E-state index in [4.69, 9.17) is 5.11 Å². The van der Waals surface area contributed by atoms with Crippen LogP contribution in [0.3, 0.4) is 0 Å². The Morgan fingerprint density at radius 3 is 2.84 bits per heavy atom. The van der Waals surface area contributed by atoms with Crippen molar-refractivity contribution in [1.82, 2.24) is 10.3 Å². The Hall–Kier alpha value is -1.63. The highest BCUT2D eigenvalue weighted by molar-refractivity contribution is 9.10. The van der Waals surface area contributed by atoms with Crippen LogP contribution in [0.5, 0.6) is 0 Å². The van der Waals surface area contributed by atoms with E-state index in [1.54, 1.807) is 19.2 Å². The molecule has 0 aromatic carbocycles. The van der Waals surface area contributed by atoms with Gasteiger partial charge in [0.2, 0.25) is 0 Å². The quantitative estimate of drug-likeness (QED) is 0.699. The van der Waals surface area contributed by atoms with Crippen LogP contribution in [0.4, 0.5) is 10.5 Å². The molecule has 0 fully saturated rings. The number of anilines is 1. The van der Waals surface area contributed by atoms with Gasteiger partial charge in [-0.25, -0.2) is 4.79 Å². The summed E-state index contributed by atoms with van der Waals surface area (Å²) in [4.78, 5) is 26.0. The SMILES string of the molecule is CC(CCCNC(=O)Nc1cncc(Br)c1)C(=O)O. The number of carboxylic acids is 1. The summed E-state index contributed by atoms with van der Waals surface area (Å²) < 4.78 is 0.778. The maximum Gasteiger partial charge on any atom is 0.319 e. The lowest BCUT2D eigenvalue weighted by molar-refractivity contribution is -0.141. The van der Waals surface area contributed by atoms with Crippen molar-refractivity contribution in [2.75, 3.05) is 11.9 Å². The minimum absolute atomic E-state index is 0.331. The van der Waals surface area contributed by atoms with Gasteiger partial charge in [-0.05, 0) is 34.8 Å². The highest BCUT2D eigenvalue weighted by Crippen LogP contribution is 2.13. The standard InChI is InChI=1S/C12H16BrN3O3/c1-8(11(17)18)3-2-4-15-12(19)16-10-5-9(13)6-14-7-10/h5-8H,2-4H2,1H3,(H,17,18)(H2,15,16,19). The molecule has 0 aliphatic rings. The van der Waals surface area contributed by atoms with E-state index in [2.05, 4.69) is 31.5 Å². The molecule has 2 amide bonds. The van der Waals surface area contributed by atoms with Crippen LogP contribution < -0.4 is 10.6 Å². The van der Waals surface area contributed by atoms with E-state index in [-0.39, 0.29) is 11.9 Å². The molecule has 0 spiro atoms. The molecule has 0 bridgehead atoms. The van der Waals surface area contributed by atoms with Gasteiger partial charge in [-0.15, -0.1) is 0 Å². The summed E-state index contributed by atoms with van der Waals surface area (Å²) in [6, 6.07) is 1.40. The van der Waals surface area contributed by atoms with Gasteiger partial charge in [0.15, 0.2) is 0 Å². The van der Waals surface area contributed by atoms with Crippen molar-refractivity contribution in [2.24, 2.45) is 5.92 Å². The molecule has 0 radical (unpaired) electrons. The third kappa shape index (κ3) is 6.19. The number of rotatable bonds is 6. The van der Waals surface area contributed by atoms with Gasteiger partial charge >= 0.3 is 12.0 Å². The second-order valence-corrected chi connectivity index (χ2v) is 5.07. The van der Waals surface area contributed by atoms with Crippen LogP contribution in [0.15, 0.2) is 22.9 Å². The van der Waals surface area contributed by atoms with Gasteiger partial charge in [0, 0.05) is 17.2 Å². The molecule has 7 heteroatoms. The second kappa shape index (κ2) is 7.73. The molecule has 0 aliphatic heterocycles. The van der Waals surface area contributed by atoms with Gasteiger partial charge in [0.05, 0.1) is 17.8 Å². The van der Waals surface area contributed by atoms with Crippen molar-refractivity contribution >= 4 is 33.6 Å². The Kier molecular flexibility index (Phi) is 6.27. The zero-order valence-electron chi connectivity index (χ0n) is 10.5. The summed E-state index contributed by atoms with van der Waals surface area (Å²) in [5.74, 6) is -1.20. The lowest BCUT2D eigenvalue weighted by Crippen LogP contribution is -2.30.